The van der Waals surface area contributed by atoms with Gasteiger partial charge in [-0.3, -0.25) is 0 Å². The van der Waals surface area contributed by atoms with E-state index < -0.39 is 5.60 Å². The van der Waals surface area contributed by atoms with E-state index in [-0.39, 0.29) is 6.09 Å². The van der Waals surface area contributed by atoms with Gasteiger partial charge in [-0.15, -0.1) is 0 Å². The van der Waals surface area contributed by atoms with Gasteiger partial charge in [-0.05, 0) is 39.0 Å². The van der Waals surface area contributed by atoms with E-state index in [1.807, 2.05) is 25.7 Å². The molecule has 1 aliphatic rings. The Balaban J connectivity index is 2.55. The molecule has 0 radical (unpaired) electrons. The predicted molar refractivity (Wildman–Crippen MR) is 78.0 cm³/mol. The van der Waals surface area contributed by atoms with Gasteiger partial charge >= 0.3 is 6.09 Å². The molecule has 1 fully saturated rings. The van der Waals surface area contributed by atoms with Crippen LogP contribution in [0.25, 0.3) is 0 Å². The van der Waals surface area contributed by atoms with Crippen LogP contribution < -0.4 is 0 Å². The van der Waals surface area contributed by atoms with Gasteiger partial charge < -0.3 is 9.64 Å². The molecule has 0 N–H and O–H groups in total. The SMILES string of the molecule is C=C(CBr)C1CCN(C(=O)OC(C)(C)C)CC1C. The van der Waals surface area contributed by atoms with Crippen LogP contribution in [0.5, 0.6) is 0 Å². The molecule has 3 nitrogen and oxygen atoms in total. The molecule has 1 rings (SSSR count). The number of hydrogen-bond acceptors (Lipinski definition) is 2. The molecule has 0 spiro atoms. The topological polar surface area (TPSA) is 29.5 Å². The normalized spacial score (nSPS) is 24.8. The second-order valence-electron chi connectivity index (χ2n) is 6.09. The summed E-state index contributed by atoms with van der Waals surface area (Å²) in [5, 5.41) is 0.842. The highest BCUT2D eigenvalue weighted by atomic mass is 79.9. The first-order valence-corrected chi connectivity index (χ1v) is 7.58. The quantitative estimate of drug-likeness (QED) is 0.572. The molecule has 1 amide bonds. The van der Waals surface area contributed by atoms with Gasteiger partial charge in [0.15, 0.2) is 0 Å². The molecule has 0 aromatic carbocycles. The van der Waals surface area contributed by atoms with Crippen molar-refractivity contribution in [3.8, 4) is 0 Å². The van der Waals surface area contributed by atoms with Gasteiger partial charge in [0.05, 0.1) is 0 Å². The van der Waals surface area contributed by atoms with Crippen molar-refractivity contribution in [2.24, 2.45) is 11.8 Å². The van der Waals surface area contributed by atoms with Crippen molar-refractivity contribution >= 4 is 22.0 Å². The second-order valence-corrected chi connectivity index (χ2v) is 6.65. The number of carbonyl (C=O) groups is 1. The largest absolute Gasteiger partial charge is 0.444 e. The van der Waals surface area contributed by atoms with Crippen LogP contribution in [0.15, 0.2) is 12.2 Å². The van der Waals surface area contributed by atoms with Crippen LogP contribution >= 0.6 is 15.9 Å². The van der Waals surface area contributed by atoms with Crippen LogP contribution in [-0.2, 0) is 4.74 Å². The smallest absolute Gasteiger partial charge is 0.410 e. The van der Waals surface area contributed by atoms with E-state index >= 15 is 0 Å². The van der Waals surface area contributed by atoms with Crippen LogP contribution in [-0.4, -0.2) is 35.0 Å². The summed E-state index contributed by atoms with van der Waals surface area (Å²) in [6.45, 7) is 13.5. The van der Waals surface area contributed by atoms with Gasteiger partial charge in [0, 0.05) is 18.4 Å². The Morgan fingerprint density at radius 1 is 1.50 bits per heavy atom. The third kappa shape index (κ3) is 4.30. The number of alkyl halides is 1. The number of carbonyl (C=O) groups excluding carboxylic acids is 1. The minimum atomic E-state index is -0.420. The third-order valence-corrected chi connectivity index (χ3v) is 3.97. The molecular weight excluding hydrogens is 294 g/mol. The Kier molecular flexibility index (Phi) is 5.26. The highest BCUT2D eigenvalue weighted by Crippen LogP contribution is 2.30. The van der Waals surface area contributed by atoms with Gasteiger partial charge in [-0.2, -0.15) is 0 Å². The molecule has 0 aromatic rings. The highest BCUT2D eigenvalue weighted by molar-refractivity contribution is 9.09. The van der Waals surface area contributed by atoms with Crippen molar-refractivity contribution in [3.05, 3.63) is 12.2 Å². The molecule has 0 saturated carbocycles. The number of halogens is 1. The lowest BCUT2D eigenvalue weighted by Gasteiger charge is -2.38. The maximum Gasteiger partial charge on any atom is 0.410 e. The molecule has 2 unspecified atom stereocenters. The van der Waals surface area contributed by atoms with Gasteiger partial charge in [0.2, 0.25) is 0 Å². The van der Waals surface area contributed by atoms with E-state index in [0.29, 0.717) is 11.8 Å². The van der Waals surface area contributed by atoms with E-state index in [1.165, 1.54) is 5.57 Å². The zero-order chi connectivity index (χ0) is 13.9. The first-order chi connectivity index (χ1) is 8.24. The fourth-order valence-electron chi connectivity index (χ4n) is 2.34. The summed E-state index contributed by atoms with van der Waals surface area (Å²) >= 11 is 3.46. The lowest BCUT2D eigenvalue weighted by atomic mass is 9.82. The van der Waals surface area contributed by atoms with E-state index in [2.05, 4.69) is 29.4 Å². The van der Waals surface area contributed by atoms with Crippen LogP contribution in [0.3, 0.4) is 0 Å². The van der Waals surface area contributed by atoms with E-state index in [9.17, 15) is 4.79 Å². The average molecular weight is 318 g/mol. The van der Waals surface area contributed by atoms with Crippen molar-refractivity contribution in [2.45, 2.75) is 39.7 Å². The maximum atomic E-state index is 12.0. The molecule has 0 bridgehead atoms. The van der Waals surface area contributed by atoms with Gasteiger partial charge in [0.1, 0.15) is 5.60 Å². The van der Waals surface area contributed by atoms with Crippen LogP contribution in [0.1, 0.15) is 34.1 Å². The van der Waals surface area contributed by atoms with Gasteiger partial charge in [-0.1, -0.05) is 35.0 Å². The maximum absolute atomic E-state index is 12.0. The fourth-order valence-corrected chi connectivity index (χ4v) is 2.76. The number of nitrogens with zero attached hydrogens (tertiary/aromatic N) is 1. The van der Waals surface area contributed by atoms with Gasteiger partial charge in [-0.25, -0.2) is 4.79 Å². The number of rotatable bonds is 2. The van der Waals surface area contributed by atoms with Crippen LogP contribution in [0.2, 0.25) is 0 Å². The molecule has 0 aromatic heterocycles. The zero-order valence-corrected chi connectivity index (χ0v) is 13.4. The molecule has 1 heterocycles. The molecular formula is C14H24BrNO2. The molecule has 2 atom stereocenters. The first kappa shape index (κ1) is 15.5. The number of allylic oxidation sites excluding steroid dienone is 1. The number of hydrogen-bond donors (Lipinski definition) is 0. The Labute approximate surface area is 119 Å². The fraction of sp³-hybridized carbons (Fsp3) is 0.786. The van der Waals surface area contributed by atoms with Crippen molar-refractivity contribution in [1.82, 2.24) is 4.90 Å². The first-order valence-electron chi connectivity index (χ1n) is 6.46. The number of likely N-dealkylation sites (tertiary alicyclic amines) is 1. The standard InChI is InChI=1S/C14H24BrNO2/c1-10(8-15)12-6-7-16(9-11(12)2)13(17)18-14(3,4)5/h11-12H,1,6-9H2,2-5H3. The van der Waals surface area contributed by atoms with Crippen LogP contribution in [0.4, 0.5) is 4.79 Å². The Bertz CT molecular complexity index is 322. The van der Waals surface area contributed by atoms with E-state index in [1.54, 1.807) is 0 Å². The lowest BCUT2D eigenvalue weighted by Crippen LogP contribution is -2.45. The highest BCUT2D eigenvalue weighted by Gasteiger charge is 2.31. The molecule has 104 valence electrons. The number of ether oxygens (including phenoxy) is 1. The summed E-state index contributed by atoms with van der Waals surface area (Å²) in [7, 11) is 0. The van der Waals surface area contributed by atoms with E-state index in [4.69, 9.17) is 4.74 Å². The molecule has 1 saturated heterocycles. The summed E-state index contributed by atoms with van der Waals surface area (Å²) in [5.74, 6) is 0.944. The second kappa shape index (κ2) is 6.09. The van der Waals surface area contributed by atoms with E-state index in [0.717, 1.165) is 24.8 Å². The number of amides is 1. The minimum Gasteiger partial charge on any atom is -0.444 e. The van der Waals surface area contributed by atoms with Gasteiger partial charge in [0.25, 0.3) is 0 Å². The average Bonchev–Trinajstić information content (AvgIpc) is 2.25. The monoisotopic (exact) mass is 317 g/mol. The molecule has 4 heteroatoms. The van der Waals surface area contributed by atoms with Crippen molar-refractivity contribution in [3.63, 3.8) is 0 Å². The number of piperidine rings is 1. The Morgan fingerprint density at radius 3 is 2.56 bits per heavy atom. The Morgan fingerprint density at radius 2 is 2.11 bits per heavy atom. The van der Waals surface area contributed by atoms with Crippen molar-refractivity contribution in [2.75, 3.05) is 18.4 Å². The summed E-state index contributed by atoms with van der Waals surface area (Å²) < 4.78 is 5.40. The molecule has 1 aliphatic heterocycles. The predicted octanol–water partition coefficient (Wildman–Crippen LogP) is 3.83. The van der Waals surface area contributed by atoms with Crippen molar-refractivity contribution < 1.29 is 9.53 Å². The van der Waals surface area contributed by atoms with Crippen molar-refractivity contribution in [1.29, 1.82) is 0 Å². The molecule has 0 aliphatic carbocycles. The zero-order valence-electron chi connectivity index (χ0n) is 11.8. The lowest BCUT2D eigenvalue weighted by molar-refractivity contribution is 0.0137. The Hall–Kier alpha value is -0.510. The summed E-state index contributed by atoms with van der Waals surface area (Å²) in [4.78, 5) is 13.8. The van der Waals surface area contributed by atoms with Crippen LogP contribution in [0, 0.1) is 11.8 Å². The summed E-state index contributed by atoms with van der Waals surface area (Å²) in [5.41, 5.74) is 0.808. The summed E-state index contributed by atoms with van der Waals surface area (Å²) in [6, 6.07) is 0. The summed E-state index contributed by atoms with van der Waals surface area (Å²) in [6.07, 6.45) is 0.780. The third-order valence-electron chi connectivity index (χ3n) is 3.25. The molecule has 18 heavy (non-hydrogen) atoms. The minimum absolute atomic E-state index is 0.197.